The van der Waals surface area contributed by atoms with Gasteiger partial charge in [-0.1, -0.05) is 70.8 Å². The third-order valence-electron chi connectivity index (χ3n) is 5.73. The van der Waals surface area contributed by atoms with E-state index in [0.29, 0.717) is 26.9 Å². The van der Waals surface area contributed by atoms with Crippen LogP contribution in [-0.4, -0.2) is 38.0 Å². The molecule has 0 bridgehead atoms. The molecule has 0 saturated carbocycles. The fraction of sp³-hybridized carbons (Fsp3) is 0.160. The summed E-state index contributed by atoms with van der Waals surface area (Å²) in [6, 6.07) is 21.5. The summed E-state index contributed by atoms with van der Waals surface area (Å²) in [5.41, 5.74) is 1.66. The maximum atomic E-state index is 13.7. The van der Waals surface area contributed by atoms with Crippen molar-refractivity contribution in [1.82, 2.24) is 10.2 Å². The van der Waals surface area contributed by atoms with E-state index >= 15 is 0 Å². The van der Waals surface area contributed by atoms with Crippen molar-refractivity contribution in [2.24, 2.45) is 5.16 Å². The third kappa shape index (κ3) is 6.41. The molecule has 2 unspecified atom stereocenters. The molecular formula is C25H20Cl2N4O6S2. The maximum Gasteiger partial charge on any atom is 0.241 e. The molecule has 0 amide bonds. The van der Waals surface area contributed by atoms with Crippen LogP contribution in [0.3, 0.4) is 0 Å². The second kappa shape index (κ2) is 11.0. The quantitative estimate of drug-likeness (QED) is 0.287. The number of oxime groups is 1. The number of nitrogens with one attached hydrogen (secondary N) is 1. The first-order chi connectivity index (χ1) is 18.6. The van der Waals surface area contributed by atoms with E-state index in [9.17, 15) is 16.8 Å². The molecule has 5 rings (SSSR count). The molecule has 4 aromatic rings. The fourth-order valence-electron chi connectivity index (χ4n) is 4.00. The van der Waals surface area contributed by atoms with Gasteiger partial charge in [-0.25, -0.2) is 16.8 Å². The second-order valence-corrected chi connectivity index (χ2v) is 13.3. The lowest BCUT2D eigenvalue weighted by Gasteiger charge is -2.19. The highest BCUT2D eigenvalue weighted by molar-refractivity contribution is 7.92. The molecule has 10 nitrogen and oxygen atoms in total. The number of sulfone groups is 1. The van der Waals surface area contributed by atoms with E-state index in [1.54, 1.807) is 54.6 Å². The van der Waals surface area contributed by atoms with Crippen molar-refractivity contribution in [3.05, 3.63) is 112 Å². The Hall–Kier alpha value is -3.45. The molecule has 1 aliphatic rings. The standard InChI is InChI=1S/C25H20Cl2N4O6S2/c26-18-8-6-17(7-9-18)24-25(23(30-37-24)16-4-2-1-3-5-16)38(32,33)14-21-28-29-22(36-21)15-39(34,35)31-20-12-10-19(27)11-13-20/h1-13,24-25,31H,14-15H2. The summed E-state index contributed by atoms with van der Waals surface area (Å²) in [5, 5.41) is 11.4. The van der Waals surface area contributed by atoms with Crippen molar-refractivity contribution in [3.63, 3.8) is 0 Å². The third-order valence-corrected chi connectivity index (χ3v) is 9.30. The summed E-state index contributed by atoms with van der Waals surface area (Å²) in [6.07, 6.45) is -0.950. The van der Waals surface area contributed by atoms with Gasteiger partial charge in [-0.05, 0) is 42.0 Å². The highest BCUT2D eigenvalue weighted by atomic mass is 35.5. The average molecular weight is 607 g/mol. The van der Waals surface area contributed by atoms with Crippen molar-refractivity contribution < 1.29 is 26.1 Å². The molecule has 0 aliphatic carbocycles. The normalized spacial score (nSPS) is 17.4. The molecule has 2 heterocycles. The van der Waals surface area contributed by atoms with Gasteiger partial charge in [0.05, 0.1) is 0 Å². The lowest BCUT2D eigenvalue weighted by Crippen LogP contribution is -2.34. The summed E-state index contributed by atoms with van der Waals surface area (Å²) in [5.74, 6) is -1.84. The molecule has 39 heavy (non-hydrogen) atoms. The van der Waals surface area contributed by atoms with Crippen LogP contribution in [0.25, 0.3) is 0 Å². The molecule has 2 atom stereocenters. The van der Waals surface area contributed by atoms with Gasteiger partial charge in [0, 0.05) is 21.3 Å². The topological polar surface area (TPSA) is 141 Å². The summed E-state index contributed by atoms with van der Waals surface area (Å²) in [7, 11) is -7.99. The molecule has 0 spiro atoms. The van der Waals surface area contributed by atoms with Crippen LogP contribution < -0.4 is 4.72 Å². The molecule has 0 radical (unpaired) electrons. The highest BCUT2D eigenvalue weighted by Crippen LogP contribution is 2.36. The fourth-order valence-corrected chi connectivity index (χ4v) is 7.00. The van der Waals surface area contributed by atoms with Gasteiger partial charge in [0.25, 0.3) is 0 Å². The Morgan fingerprint density at radius 3 is 2.00 bits per heavy atom. The second-order valence-electron chi connectivity index (χ2n) is 8.61. The van der Waals surface area contributed by atoms with Gasteiger partial charge in [0.15, 0.2) is 21.2 Å². The van der Waals surface area contributed by atoms with Crippen molar-refractivity contribution >= 4 is 54.5 Å². The van der Waals surface area contributed by atoms with Crippen LogP contribution in [0.15, 0.2) is 88.4 Å². The number of aromatic nitrogens is 2. The number of anilines is 1. The van der Waals surface area contributed by atoms with E-state index in [0.717, 1.165) is 0 Å². The number of benzene rings is 3. The molecule has 1 aromatic heterocycles. The molecule has 14 heteroatoms. The minimum Gasteiger partial charge on any atom is -0.423 e. The zero-order chi connectivity index (χ0) is 27.6. The molecule has 202 valence electrons. The van der Waals surface area contributed by atoms with Crippen molar-refractivity contribution in [3.8, 4) is 0 Å². The zero-order valence-electron chi connectivity index (χ0n) is 19.9. The molecule has 3 aromatic carbocycles. The van der Waals surface area contributed by atoms with Crippen LogP contribution in [-0.2, 0) is 36.2 Å². The molecule has 0 saturated heterocycles. The first-order valence-electron chi connectivity index (χ1n) is 11.4. The zero-order valence-corrected chi connectivity index (χ0v) is 23.1. The van der Waals surface area contributed by atoms with E-state index in [4.69, 9.17) is 32.5 Å². The van der Waals surface area contributed by atoms with Crippen LogP contribution in [0.5, 0.6) is 0 Å². The minimum absolute atomic E-state index is 0.227. The number of hydrogen-bond donors (Lipinski definition) is 1. The molecule has 1 aliphatic heterocycles. The predicted octanol–water partition coefficient (Wildman–Crippen LogP) is 4.78. The summed E-state index contributed by atoms with van der Waals surface area (Å²) in [4.78, 5) is 5.62. The molecule has 0 fully saturated rings. The van der Waals surface area contributed by atoms with Crippen molar-refractivity contribution in [2.75, 3.05) is 4.72 Å². The maximum absolute atomic E-state index is 13.7. The van der Waals surface area contributed by atoms with E-state index in [-0.39, 0.29) is 17.5 Å². The van der Waals surface area contributed by atoms with E-state index in [2.05, 4.69) is 20.1 Å². The first kappa shape index (κ1) is 27.1. The van der Waals surface area contributed by atoms with Gasteiger partial charge in [-0.15, -0.1) is 10.2 Å². The monoisotopic (exact) mass is 606 g/mol. The highest BCUT2D eigenvalue weighted by Gasteiger charge is 2.46. The van der Waals surface area contributed by atoms with Gasteiger partial charge in [0.1, 0.15) is 17.2 Å². The number of halogens is 2. The largest absolute Gasteiger partial charge is 0.423 e. The van der Waals surface area contributed by atoms with Crippen LogP contribution in [0, 0.1) is 0 Å². The summed E-state index contributed by atoms with van der Waals surface area (Å²) >= 11 is 11.8. The van der Waals surface area contributed by atoms with E-state index in [1.165, 1.54) is 24.3 Å². The number of nitrogens with zero attached hydrogens (tertiary/aromatic N) is 3. The summed E-state index contributed by atoms with van der Waals surface area (Å²) in [6.45, 7) is 0. The van der Waals surface area contributed by atoms with Crippen LogP contribution >= 0.6 is 23.2 Å². The SMILES string of the molecule is O=S(=O)(Cc1nnc(CS(=O)(=O)C2C(c3ccccc3)=NOC2c2ccc(Cl)cc2)o1)Nc1ccc(Cl)cc1. The number of hydrogen-bond acceptors (Lipinski definition) is 9. The Morgan fingerprint density at radius 2 is 1.36 bits per heavy atom. The van der Waals surface area contributed by atoms with Crippen LogP contribution in [0.4, 0.5) is 5.69 Å². The van der Waals surface area contributed by atoms with Crippen LogP contribution in [0.2, 0.25) is 10.0 Å². The molecule has 1 N–H and O–H groups in total. The minimum atomic E-state index is -4.06. The van der Waals surface area contributed by atoms with Gasteiger partial charge < -0.3 is 9.25 Å². The van der Waals surface area contributed by atoms with Gasteiger partial charge in [-0.2, -0.15) is 0 Å². The smallest absolute Gasteiger partial charge is 0.241 e. The summed E-state index contributed by atoms with van der Waals surface area (Å²) < 4.78 is 60.4. The number of rotatable bonds is 9. The Kier molecular flexibility index (Phi) is 7.63. The lowest BCUT2D eigenvalue weighted by molar-refractivity contribution is 0.0870. The molecular weight excluding hydrogens is 587 g/mol. The Balaban J connectivity index is 1.38. The Labute approximate surface area is 234 Å². The van der Waals surface area contributed by atoms with Gasteiger partial charge in [0.2, 0.25) is 21.8 Å². The van der Waals surface area contributed by atoms with Crippen molar-refractivity contribution in [2.45, 2.75) is 22.9 Å². The number of sulfonamides is 1. The Bertz CT molecular complexity index is 1710. The van der Waals surface area contributed by atoms with E-state index < -0.39 is 42.7 Å². The first-order valence-corrected chi connectivity index (χ1v) is 15.6. The Morgan fingerprint density at radius 1 is 0.769 bits per heavy atom. The average Bonchev–Trinajstić information content (AvgIpc) is 3.53. The van der Waals surface area contributed by atoms with Gasteiger partial charge >= 0.3 is 0 Å². The van der Waals surface area contributed by atoms with Gasteiger partial charge in [-0.3, -0.25) is 4.72 Å². The van der Waals surface area contributed by atoms with E-state index in [1.807, 2.05) is 0 Å². The lowest BCUT2D eigenvalue weighted by atomic mass is 10.00. The predicted molar refractivity (Wildman–Crippen MR) is 147 cm³/mol. The van der Waals surface area contributed by atoms with Crippen molar-refractivity contribution in [1.29, 1.82) is 0 Å². The van der Waals surface area contributed by atoms with Crippen LogP contribution in [0.1, 0.15) is 29.0 Å².